The molecule has 0 spiro atoms. The van der Waals surface area contributed by atoms with Gasteiger partial charge >= 0.3 is 0 Å². The quantitative estimate of drug-likeness (QED) is 0.719. The van der Waals surface area contributed by atoms with Crippen molar-refractivity contribution in [2.24, 2.45) is 0 Å². The van der Waals surface area contributed by atoms with E-state index in [0.717, 1.165) is 11.1 Å². The van der Waals surface area contributed by atoms with E-state index in [-0.39, 0.29) is 24.5 Å². The molecule has 0 unspecified atom stereocenters. The fourth-order valence-corrected chi connectivity index (χ4v) is 3.01. The molecule has 1 N–H and O–H groups in total. The van der Waals surface area contributed by atoms with Gasteiger partial charge in [0.1, 0.15) is 11.8 Å². The molecule has 2 aromatic rings. The number of carbonyl (C=O) groups excluding carboxylic acids is 2. The van der Waals surface area contributed by atoms with E-state index in [1.54, 1.807) is 4.90 Å². The standard InChI is InChI=1S/C23H30N2O3/c1-5-21(23(27)24-17(2)3)25(15-19-11-7-6-8-12-19)22(26)16-28-20-13-9-10-18(4)14-20/h6-14,17,21H,5,15-16H2,1-4H3,(H,24,27)/t21-/m0/s1. The highest BCUT2D eigenvalue weighted by molar-refractivity contribution is 5.88. The van der Waals surface area contributed by atoms with Crippen LogP contribution in [-0.2, 0) is 16.1 Å². The predicted molar refractivity (Wildman–Crippen MR) is 111 cm³/mol. The van der Waals surface area contributed by atoms with Crippen LogP contribution in [0.15, 0.2) is 54.6 Å². The van der Waals surface area contributed by atoms with Crippen LogP contribution in [0.1, 0.15) is 38.3 Å². The molecule has 2 rings (SSSR count). The Morgan fingerprint density at radius 2 is 1.79 bits per heavy atom. The highest BCUT2D eigenvalue weighted by Crippen LogP contribution is 2.15. The molecule has 0 bridgehead atoms. The number of amides is 2. The van der Waals surface area contributed by atoms with Gasteiger partial charge in [-0.3, -0.25) is 9.59 Å². The van der Waals surface area contributed by atoms with E-state index in [9.17, 15) is 9.59 Å². The number of benzene rings is 2. The van der Waals surface area contributed by atoms with Crippen LogP contribution in [0.3, 0.4) is 0 Å². The zero-order valence-corrected chi connectivity index (χ0v) is 17.1. The predicted octanol–water partition coefficient (Wildman–Crippen LogP) is 3.71. The molecule has 150 valence electrons. The molecule has 0 radical (unpaired) electrons. The third-order valence-electron chi connectivity index (χ3n) is 4.36. The van der Waals surface area contributed by atoms with Crippen molar-refractivity contribution in [2.75, 3.05) is 6.61 Å². The van der Waals surface area contributed by atoms with Gasteiger partial charge < -0.3 is 15.0 Å². The van der Waals surface area contributed by atoms with Crippen molar-refractivity contribution in [3.8, 4) is 5.75 Å². The van der Waals surface area contributed by atoms with Crippen LogP contribution in [0.5, 0.6) is 5.75 Å². The maximum atomic E-state index is 13.0. The van der Waals surface area contributed by atoms with E-state index >= 15 is 0 Å². The van der Waals surface area contributed by atoms with Gasteiger partial charge in [-0.2, -0.15) is 0 Å². The van der Waals surface area contributed by atoms with Crippen LogP contribution in [0.4, 0.5) is 0 Å². The van der Waals surface area contributed by atoms with Gasteiger partial charge in [-0.05, 0) is 50.5 Å². The maximum absolute atomic E-state index is 13.0. The smallest absolute Gasteiger partial charge is 0.261 e. The van der Waals surface area contributed by atoms with E-state index < -0.39 is 6.04 Å². The summed E-state index contributed by atoms with van der Waals surface area (Å²) in [5.41, 5.74) is 2.04. The number of ether oxygens (including phenoxy) is 1. The SMILES string of the molecule is CC[C@@H](C(=O)NC(C)C)N(Cc1ccccc1)C(=O)COc1cccc(C)c1. The summed E-state index contributed by atoms with van der Waals surface area (Å²) in [4.78, 5) is 27.3. The second-order valence-corrected chi connectivity index (χ2v) is 7.20. The molecule has 0 aliphatic heterocycles. The normalized spacial score (nSPS) is 11.8. The van der Waals surface area contributed by atoms with Gasteiger partial charge in [-0.25, -0.2) is 0 Å². The number of carbonyl (C=O) groups is 2. The lowest BCUT2D eigenvalue weighted by atomic mass is 10.1. The maximum Gasteiger partial charge on any atom is 0.261 e. The number of hydrogen-bond acceptors (Lipinski definition) is 3. The number of aryl methyl sites for hydroxylation is 1. The Kier molecular flexibility index (Phi) is 8.05. The van der Waals surface area contributed by atoms with Crippen molar-refractivity contribution in [2.45, 2.75) is 52.7 Å². The van der Waals surface area contributed by atoms with Crippen molar-refractivity contribution in [3.05, 3.63) is 65.7 Å². The number of hydrogen-bond donors (Lipinski definition) is 1. The summed E-state index contributed by atoms with van der Waals surface area (Å²) >= 11 is 0. The molecule has 0 heterocycles. The molecule has 2 amide bonds. The van der Waals surface area contributed by atoms with Gasteiger partial charge in [0.05, 0.1) is 0 Å². The summed E-state index contributed by atoms with van der Waals surface area (Å²) in [7, 11) is 0. The van der Waals surface area contributed by atoms with Gasteiger partial charge in [-0.1, -0.05) is 49.4 Å². The van der Waals surface area contributed by atoms with Crippen molar-refractivity contribution in [3.63, 3.8) is 0 Å². The lowest BCUT2D eigenvalue weighted by Gasteiger charge is -2.31. The molecule has 0 saturated carbocycles. The number of rotatable bonds is 9. The number of nitrogens with one attached hydrogen (secondary N) is 1. The molecule has 1 atom stereocenters. The minimum atomic E-state index is -0.545. The zero-order valence-electron chi connectivity index (χ0n) is 17.1. The molecule has 0 aliphatic rings. The Labute approximate surface area is 167 Å². The fraction of sp³-hybridized carbons (Fsp3) is 0.391. The third-order valence-corrected chi connectivity index (χ3v) is 4.36. The van der Waals surface area contributed by atoms with Crippen LogP contribution in [-0.4, -0.2) is 35.4 Å². The molecule has 0 aliphatic carbocycles. The first-order chi connectivity index (χ1) is 13.4. The highest BCUT2D eigenvalue weighted by atomic mass is 16.5. The largest absolute Gasteiger partial charge is 0.484 e. The summed E-state index contributed by atoms with van der Waals surface area (Å²) in [5.74, 6) is 0.293. The zero-order chi connectivity index (χ0) is 20.5. The summed E-state index contributed by atoms with van der Waals surface area (Å²) in [6, 6.07) is 16.7. The Balaban J connectivity index is 2.17. The third kappa shape index (κ3) is 6.41. The van der Waals surface area contributed by atoms with Crippen LogP contribution in [0, 0.1) is 6.92 Å². The summed E-state index contributed by atoms with van der Waals surface area (Å²) in [6.45, 7) is 7.96. The first-order valence-corrected chi connectivity index (χ1v) is 9.74. The van der Waals surface area contributed by atoms with Crippen molar-refractivity contribution >= 4 is 11.8 Å². The average molecular weight is 383 g/mol. The highest BCUT2D eigenvalue weighted by Gasteiger charge is 2.29. The van der Waals surface area contributed by atoms with Gasteiger partial charge in [0.15, 0.2) is 6.61 Å². The fourth-order valence-electron chi connectivity index (χ4n) is 3.01. The second kappa shape index (κ2) is 10.5. The van der Waals surface area contributed by atoms with E-state index in [4.69, 9.17) is 4.74 Å². The second-order valence-electron chi connectivity index (χ2n) is 7.20. The Hall–Kier alpha value is -2.82. The van der Waals surface area contributed by atoms with E-state index in [0.29, 0.717) is 18.7 Å². The first kappa shape index (κ1) is 21.5. The molecule has 0 saturated heterocycles. The lowest BCUT2D eigenvalue weighted by Crippen LogP contribution is -2.51. The van der Waals surface area contributed by atoms with Gasteiger partial charge in [-0.15, -0.1) is 0 Å². The summed E-state index contributed by atoms with van der Waals surface area (Å²) < 4.78 is 5.70. The first-order valence-electron chi connectivity index (χ1n) is 9.74. The van der Waals surface area contributed by atoms with Gasteiger partial charge in [0.25, 0.3) is 5.91 Å². The average Bonchev–Trinajstić information content (AvgIpc) is 2.66. The Morgan fingerprint density at radius 3 is 2.39 bits per heavy atom. The van der Waals surface area contributed by atoms with Crippen molar-refractivity contribution < 1.29 is 14.3 Å². The topological polar surface area (TPSA) is 58.6 Å². The molecule has 5 nitrogen and oxygen atoms in total. The summed E-state index contributed by atoms with van der Waals surface area (Å²) in [5, 5.41) is 2.92. The minimum absolute atomic E-state index is 0.0128. The van der Waals surface area contributed by atoms with Crippen LogP contribution < -0.4 is 10.1 Å². The molecular weight excluding hydrogens is 352 g/mol. The van der Waals surface area contributed by atoms with Gasteiger partial charge in [0.2, 0.25) is 5.91 Å². The summed E-state index contributed by atoms with van der Waals surface area (Å²) in [6.07, 6.45) is 0.529. The number of nitrogens with zero attached hydrogens (tertiary/aromatic N) is 1. The Bertz CT molecular complexity index is 774. The molecular formula is C23H30N2O3. The molecule has 2 aromatic carbocycles. The molecule has 28 heavy (non-hydrogen) atoms. The lowest BCUT2D eigenvalue weighted by molar-refractivity contribution is -0.143. The Morgan fingerprint density at radius 1 is 1.07 bits per heavy atom. The molecule has 5 heteroatoms. The van der Waals surface area contributed by atoms with E-state index in [1.807, 2.05) is 82.3 Å². The van der Waals surface area contributed by atoms with E-state index in [1.165, 1.54) is 0 Å². The molecule has 0 aromatic heterocycles. The van der Waals surface area contributed by atoms with Crippen molar-refractivity contribution in [1.82, 2.24) is 10.2 Å². The van der Waals surface area contributed by atoms with Gasteiger partial charge in [0, 0.05) is 12.6 Å². The van der Waals surface area contributed by atoms with Crippen LogP contribution in [0.25, 0.3) is 0 Å². The van der Waals surface area contributed by atoms with Crippen LogP contribution >= 0.6 is 0 Å². The van der Waals surface area contributed by atoms with E-state index in [2.05, 4.69) is 5.32 Å². The monoisotopic (exact) mass is 382 g/mol. The van der Waals surface area contributed by atoms with Crippen LogP contribution in [0.2, 0.25) is 0 Å². The molecule has 0 fully saturated rings. The van der Waals surface area contributed by atoms with Crippen molar-refractivity contribution in [1.29, 1.82) is 0 Å². The minimum Gasteiger partial charge on any atom is -0.484 e.